The van der Waals surface area contributed by atoms with Gasteiger partial charge in [-0.3, -0.25) is 4.79 Å². The Morgan fingerprint density at radius 3 is 2.92 bits per heavy atom. The Morgan fingerprint density at radius 2 is 2.12 bits per heavy atom. The summed E-state index contributed by atoms with van der Waals surface area (Å²) < 4.78 is 10.9. The van der Waals surface area contributed by atoms with Crippen LogP contribution in [0.4, 0.5) is 0 Å². The molecule has 2 heterocycles. The highest BCUT2D eigenvalue weighted by Crippen LogP contribution is 2.14. The molecule has 7 heteroatoms. The molecule has 0 saturated heterocycles. The number of pyridine rings is 1. The van der Waals surface area contributed by atoms with Gasteiger partial charge in [0.1, 0.15) is 0 Å². The van der Waals surface area contributed by atoms with Crippen LogP contribution in [0.25, 0.3) is 0 Å². The van der Waals surface area contributed by atoms with Gasteiger partial charge < -0.3 is 14.6 Å². The summed E-state index contributed by atoms with van der Waals surface area (Å²) in [5.74, 6) is 1.91. The lowest BCUT2D eigenvalue weighted by molar-refractivity contribution is -0.121. The standard InChI is InChI=1S/C19H28N4O3/c1-3-5-13-25-19-15(9-7-12-20-19)14-21-17(24)10-6-11-18-22-16(8-4-2)23-26-18/h7,9,12H,3-6,8,10-11,13-14H2,1-2H3,(H,21,24). The van der Waals surface area contributed by atoms with Crippen LogP contribution in [0.3, 0.4) is 0 Å². The van der Waals surface area contributed by atoms with Gasteiger partial charge in [-0.1, -0.05) is 31.5 Å². The summed E-state index contributed by atoms with van der Waals surface area (Å²) >= 11 is 0. The van der Waals surface area contributed by atoms with Crippen molar-refractivity contribution in [3.63, 3.8) is 0 Å². The summed E-state index contributed by atoms with van der Waals surface area (Å²) in [7, 11) is 0. The topological polar surface area (TPSA) is 90.1 Å². The molecule has 0 atom stereocenters. The third-order valence-corrected chi connectivity index (χ3v) is 3.84. The van der Waals surface area contributed by atoms with Gasteiger partial charge in [-0.15, -0.1) is 0 Å². The Morgan fingerprint density at radius 1 is 1.23 bits per heavy atom. The van der Waals surface area contributed by atoms with Crippen molar-refractivity contribution < 1.29 is 14.1 Å². The SMILES string of the molecule is CCCCOc1ncccc1CNC(=O)CCCc1nc(CCC)no1. The molecule has 0 fully saturated rings. The molecule has 0 bridgehead atoms. The van der Waals surface area contributed by atoms with E-state index < -0.39 is 0 Å². The molecule has 2 aromatic heterocycles. The van der Waals surface area contributed by atoms with E-state index >= 15 is 0 Å². The predicted molar refractivity (Wildman–Crippen MR) is 97.7 cm³/mol. The zero-order valence-corrected chi connectivity index (χ0v) is 15.7. The van der Waals surface area contributed by atoms with Crippen molar-refractivity contribution in [2.75, 3.05) is 6.61 Å². The number of aryl methyl sites for hydroxylation is 2. The van der Waals surface area contributed by atoms with Gasteiger partial charge in [-0.05, 0) is 25.3 Å². The van der Waals surface area contributed by atoms with Gasteiger partial charge in [0.05, 0.1) is 6.61 Å². The summed E-state index contributed by atoms with van der Waals surface area (Å²) in [6.45, 7) is 5.23. The first-order valence-electron chi connectivity index (χ1n) is 9.37. The zero-order chi connectivity index (χ0) is 18.6. The van der Waals surface area contributed by atoms with Gasteiger partial charge in [0.2, 0.25) is 17.7 Å². The molecule has 0 aliphatic rings. The molecule has 0 saturated carbocycles. The van der Waals surface area contributed by atoms with E-state index in [0.717, 1.165) is 37.1 Å². The van der Waals surface area contributed by atoms with E-state index in [-0.39, 0.29) is 5.91 Å². The van der Waals surface area contributed by atoms with Crippen molar-refractivity contribution in [1.82, 2.24) is 20.4 Å². The maximum atomic E-state index is 12.0. The van der Waals surface area contributed by atoms with E-state index in [9.17, 15) is 4.79 Å². The maximum absolute atomic E-state index is 12.0. The molecule has 142 valence electrons. The second-order valence-electron chi connectivity index (χ2n) is 6.15. The van der Waals surface area contributed by atoms with Crippen LogP contribution in [0.1, 0.15) is 63.2 Å². The fraction of sp³-hybridized carbons (Fsp3) is 0.579. The van der Waals surface area contributed by atoms with Gasteiger partial charge in [0.25, 0.3) is 0 Å². The fourth-order valence-electron chi connectivity index (χ4n) is 2.40. The Labute approximate surface area is 154 Å². The molecule has 0 aliphatic heterocycles. The molecule has 0 unspecified atom stereocenters. The highest BCUT2D eigenvalue weighted by Gasteiger charge is 2.09. The van der Waals surface area contributed by atoms with Gasteiger partial charge >= 0.3 is 0 Å². The predicted octanol–water partition coefficient (Wildman–Crippen LogP) is 3.24. The molecular formula is C19H28N4O3. The van der Waals surface area contributed by atoms with Gasteiger partial charge in [-0.25, -0.2) is 4.98 Å². The third-order valence-electron chi connectivity index (χ3n) is 3.84. The van der Waals surface area contributed by atoms with E-state index in [2.05, 4.69) is 34.3 Å². The summed E-state index contributed by atoms with van der Waals surface area (Å²) in [6, 6.07) is 3.76. The molecule has 1 N–H and O–H groups in total. The van der Waals surface area contributed by atoms with E-state index in [1.54, 1.807) is 6.20 Å². The van der Waals surface area contributed by atoms with Crippen LogP contribution in [-0.4, -0.2) is 27.6 Å². The van der Waals surface area contributed by atoms with E-state index in [1.165, 1.54) is 0 Å². The molecule has 2 rings (SSSR count). The van der Waals surface area contributed by atoms with Crippen LogP contribution in [-0.2, 0) is 24.2 Å². The molecule has 2 aromatic rings. The molecule has 0 spiro atoms. The zero-order valence-electron chi connectivity index (χ0n) is 15.7. The van der Waals surface area contributed by atoms with Crippen molar-refractivity contribution in [3.05, 3.63) is 35.6 Å². The molecule has 0 aliphatic carbocycles. The van der Waals surface area contributed by atoms with Crippen LogP contribution in [0.5, 0.6) is 5.88 Å². The quantitative estimate of drug-likeness (QED) is 0.584. The molecule has 0 aromatic carbocycles. The smallest absolute Gasteiger partial charge is 0.226 e. The van der Waals surface area contributed by atoms with Crippen LogP contribution in [0, 0.1) is 0 Å². The number of carbonyl (C=O) groups excluding carboxylic acids is 1. The minimum Gasteiger partial charge on any atom is -0.477 e. The van der Waals surface area contributed by atoms with Crippen LogP contribution in [0.15, 0.2) is 22.9 Å². The van der Waals surface area contributed by atoms with Crippen LogP contribution in [0.2, 0.25) is 0 Å². The van der Waals surface area contributed by atoms with Crippen molar-refractivity contribution in [1.29, 1.82) is 0 Å². The second kappa shape index (κ2) is 11.2. The number of hydrogen-bond donors (Lipinski definition) is 1. The first-order chi connectivity index (χ1) is 12.7. The van der Waals surface area contributed by atoms with Crippen LogP contribution >= 0.6 is 0 Å². The third kappa shape index (κ3) is 6.82. The first kappa shape index (κ1) is 19.9. The van der Waals surface area contributed by atoms with Crippen LogP contribution < -0.4 is 10.1 Å². The second-order valence-corrected chi connectivity index (χ2v) is 6.15. The number of unbranched alkanes of at least 4 members (excludes halogenated alkanes) is 1. The van der Waals surface area contributed by atoms with Gasteiger partial charge in [-0.2, -0.15) is 4.98 Å². The van der Waals surface area contributed by atoms with E-state index in [1.807, 2.05) is 12.1 Å². The number of rotatable bonds is 12. The van der Waals surface area contributed by atoms with E-state index in [4.69, 9.17) is 9.26 Å². The lowest BCUT2D eigenvalue weighted by Crippen LogP contribution is -2.23. The number of ether oxygens (including phenoxy) is 1. The Bertz CT molecular complexity index is 672. The summed E-state index contributed by atoms with van der Waals surface area (Å²) in [6.07, 6.45) is 7.25. The monoisotopic (exact) mass is 360 g/mol. The van der Waals surface area contributed by atoms with Crippen molar-refractivity contribution >= 4 is 5.91 Å². The Kier molecular flexibility index (Phi) is 8.59. The lowest BCUT2D eigenvalue weighted by Gasteiger charge is -2.10. The summed E-state index contributed by atoms with van der Waals surface area (Å²) in [5, 5.41) is 6.83. The Hall–Kier alpha value is -2.44. The summed E-state index contributed by atoms with van der Waals surface area (Å²) in [5.41, 5.74) is 0.887. The molecular weight excluding hydrogens is 332 g/mol. The number of nitrogens with one attached hydrogen (secondary N) is 1. The lowest BCUT2D eigenvalue weighted by atomic mass is 10.2. The summed E-state index contributed by atoms with van der Waals surface area (Å²) in [4.78, 5) is 20.6. The molecule has 0 radical (unpaired) electrons. The Balaban J connectivity index is 1.71. The first-order valence-corrected chi connectivity index (χ1v) is 9.37. The number of aromatic nitrogens is 3. The number of carbonyl (C=O) groups is 1. The molecule has 26 heavy (non-hydrogen) atoms. The molecule has 1 amide bonds. The molecule has 7 nitrogen and oxygen atoms in total. The van der Waals surface area contributed by atoms with Crippen molar-refractivity contribution in [2.24, 2.45) is 0 Å². The van der Waals surface area contributed by atoms with E-state index in [0.29, 0.717) is 44.2 Å². The average Bonchev–Trinajstić information content (AvgIpc) is 3.09. The largest absolute Gasteiger partial charge is 0.477 e. The van der Waals surface area contributed by atoms with Gasteiger partial charge in [0.15, 0.2) is 5.82 Å². The maximum Gasteiger partial charge on any atom is 0.226 e. The van der Waals surface area contributed by atoms with Gasteiger partial charge in [0, 0.05) is 37.6 Å². The van der Waals surface area contributed by atoms with Crippen molar-refractivity contribution in [3.8, 4) is 5.88 Å². The minimum atomic E-state index is -0.0124. The minimum absolute atomic E-state index is 0.0124. The number of nitrogens with zero attached hydrogens (tertiary/aromatic N) is 3. The highest BCUT2D eigenvalue weighted by molar-refractivity contribution is 5.75. The number of hydrogen-bond acceptors (Lipinski definition) is 6. The number of amides is 1. The van der Waals surface area contributed by atoms with Crippen molar-refractivity contribution in [2.45, 2.75) is 65.3 Å². The highest BCUT2D eigenvalue weighted by atomic mass is 16.5. The fourth-order valence-corrected chi connectivity index (χ4v) is 2.40. The average molecular weight is 360 g/mol. The normalized spacial score (nSPS) is 10.7.